The second kappa shape index (κ2) is 15.7. The predicted octanol–water partition coefficient (Wildman–Crippen LogP) is 7.69. The third-order valence-corrected chi connectivity index (χ3v) is 4.82. The maximum absolute atomic E-state index is 11.7. The highest BCUT2D eigenvalue weighted by atomic mass is 16.5. The Labute approximate surface area is 158 Å². The number of carbonyl (C=O) groups is 1. The Kier molecular flexibility index (Phi) is 15.4. The van der Waals surface area contributed by atoms with Crippen molar-refractivity contribution in [2.75, 3.05) is 6.61 Å². The number of unbranched alkanes of at least 4 members (excludes halogenated alkanes) is 10. The summed E-state index contributed by atoms with van der Waals surface area (Å²) < 4.78 is 5.38. The molecule has 0 heterocycles. The van der Waals surface area contributed by atoms with Crippen molar-refractivity contribution in [1.82, 2.24) is 0 Å². The number of hydrogen-bond donors (Lipinski definition) is 0. The highest BCUT2D eigenvalue weighted by Gasteiger charge is 2.15. The van der Waals surface area contributed by atoms with Crippen molar-refractivity contribution in [2.24, 2.45) is 11.3 Å². The van der Waals surface area contributed by atoms with Gasteiger partial charge in [-0.1, -0.05) is 98.8 Å². The van der Waals surface area contributed by atoms with E-state index in [2.05, 4.69) is 34.6 Å². The molecule has 0 saturated carbocycles. The Hall–Kier alpha value is -0.530. The first-order valence-corrected chi connectivity index (χ1v) is 11.0. The normalized spacial score (nSPS) is 13.0. The van der Waals surface area contributed by atoms with Crippen LogP contribution in [0, 0.1) is 11.3 Å². The topological polar surface area (TPSA) is 26.3 Å². The SMILES string of the molecule is CCCCCCCCCCCCCC(=O)OCCC(C)CC(C)(C)C. The quantitative estimate of drug-likeness (QED) is 0.210. The molecule has 2 heteroatoms. The fourth-order valence-corrected chi connectivity index (χ4v) is 3.53. The number of carbonyl (C=O) groups excluding carboxylic acids is 1. The van der Waals surface area contributed by atoms with E-state index in [4.69, 9.17) is 4.74 Å². The minimum atomic E-state index is -0.00103. The van der Waals surface area contributed by atoms with Crippen LogP contribution in [0.1, 0.15) is 125 Å². The lowest BCUT2D eigenvalue weighted by Gasteiger charge is -2.22. The smallest absolute Gasteiger partial charge is 0.305 e. The predicted molar refractivity (Wildman–Crippen MR) is 110 cm³/mol. The summed E-state index contributed by atoms with van der Waals surface area (Å²) in [5, 5.41) is 0. The molecule has 0 aliphatic carbocycles. The second-order valence-electron chi connectivity index (χ2n) is 9.16. The maximum atomic E-state index is 11.7. The van der Waals surface area contributed by atoms with Gasteiger partial charge in [0.25, 0.3) is 0 Å². The van der Waals surface area contributed by atoms with Crippen LogP contribution >= 0.6 is 0 Å². The molecular weight excluding hydrogens is 308 g/mol. The summed E-state index contributed by atoms with van der Waals surface area (Å²) in [7, 11) is 0. The molecule has 0 saturated heterocycles. The fraction of sp³-hybridized carbons (Fsp3) is 0.957. The van der Waals surface area contributed by atoms with Crippen molar-refractivity contribution in [2.45, 2.75) is 125 Å². The van der Waals surface area contributed by atoms with Gasteiger partial charge in [-0.3, -0.25) is 4.79 Å². The molecule has 0 rings (SSSR count). The van der Waals surface area contributed by atoms with Crippen molar-refractivity contribution >= 4 is 5.97 Å². The van der Waals surface area contributed by atoms with Crippen LogP contribution in [0.25, 0.3) is 0 Å². The minimum absolute atomic E-state index is 0.00103. The molecule has 0 fully saturated rings. The molecular formula is C23H46O2. The van der Waals surface area contributed by atoms with Crippen molar-refractivity contribution < 1.29 is 9.53 Å². The Morgan fingerprint density at radius 2 is 1.32 bits per heavy atom. The van der Waals surface area contributed by atoms with Crippen LogP contribution < -0.4 is 0 Å². The molecule has 0 aromatic rings. The lowest BCUT2D eigenvalue weighted by Crippen LogP contribution is -2.14. The highest BCUT2D eigenvalue weighted by molar-refractivity contribution is 5.69. The van der Waals surface area contributed by atoms with E-state index in [0.29, 0.717) is 24.4 Å². The molecule has 25 heavy (non-hydrogen) atoms. The maximum Gasteiger partial charge on any atom is 0.305 e. The Morgan fingerprint density at radius 1 is 0.840 bits per heavy atom. The molecule has 0 N–H and O–H groups in total. The molecule has 0 radical (unpaired) electrons. The molecule has 2 nitrogen and oxygen atoms in total. The number of hydrogen-bond acceptors (Lipinski definition) is 2. The number of rotatable bonds is 16. The average Bonchev–Trinajstić information content (AvgIpc) is 2.51. The molecule has 1 unspecified atom stereocenters. The van der Waals surface area contributed by atoms with Gasteiger partial charge in [0.1, 0.15) is 0 Å². The summed E-state index contributed by atoms with van der Waals surface area (Å²) in [6.45, 7) is 11.9. The third kappa shape index (κ3) is 19.6. The lowest BCUT2D eigenvalue weighted by molar-refractivity contribution is -0.144. The van der Waals surface area contributed by atoms with Crippen molar-refractivity contribution in [3.05, 3.63) is 0 Å². The monoisotopic (exact) mass is 354 g/mol. The molecule has 0 aromatic heterocycles. The van der Waals surface area contributed by atoms with Gasteiger partial charge in [0.05, 0.1) is 6.61 Å². The second-order valence-corrected chi connectivity index (χ2v) is 9.16. The summed E-state index contributed by atoms with van der Waals surface area (Å²) in [6, 6.07) is 0. The lowest BCUT2D eigenvalue weighted by atomic mass is 9.84. The van der Waals surface area contributed by atoms with Crippen LogP contribution in [0.5, 0.6) is 0 Å². The zero-order chi connectivity index (χ0) is 19.0. The molecule has 0 amide bonds. The Bertz CT molecular complexity index is 304. The van der Waals surface area contributed by atoms with E-state index >= 15 is 0 Å². The van der Waals surface area contributed by atoms with E-state index in [-0.39, 0.29) is 5.97 Å². The van der Waals surface area contributed by atoms with Gasteiger partial charge in [0.2, 0.25) is 0 Å². The van der Waals surface area contributed by atoms with E-state index in [1.807, 2.05) is 0 Å². The van der Waals surface area contributed by atoms with Gasteiger partial charge in [0.15, 0.2) is 0 Å². The first-order valence-electron chi connectivity index (χ1n) is 11.0. The summed E-state index contributed by atoms with van der Waals surface area (Å²) in [4.78, 5) is 11.7. The van der Waals surface area contributed by atoms with Gasteiger partial charge in [-0.2, -0.15) is 0 Å². The largest absolute Gasteiger partial charge is 0.466 e. The van der Waals surface area contributed by atoms with Crippen LogP contribution in [0.15, 0.2) is 0 Å². The van der Waals surface area contributed by atoms with Crippen LogP contribution in [0.2, 0.25) is 0 Å². The van der Waals surface area contributed by atoms with Gasteiger partial charge >= 0.3 is 5.97 Å². The van der Waals surface area contributed by atoms with Gasteiger partial charge in [0, 0.05) is 6.42 Å². The third-order valence-electron chi connectivity index (χ3n) is 4.82. The number of ether oxygens (including phenoxy) is 1. The van der Waals surface area contributed by atoms with Gasteiger partial charge in [-0.25, -0.2) is 0 Å². The molecule has 0 spiro atoms. The van der Waals surface area contributed by atoms with E-state index in [0.717, 1.165) is 12.8 Å². The van der Waals surface area contributed by atoms with E-state index < -0.39 is 0 Å². The summed E-state index contributed by atoms with van der Waals surface area (Å²) in [5.74, 6) is 0.619. The molecule has 150 valence electrons. The molecule has 0 aliphatic rings. The van der Waals surface area contributed by atoms with Crippen molar-refractivity contribution in [3.63, 3.8) is 0 Å². The molecule has 0 bridgehead atoms. The van der Waals surface area contributed by atoms with Gasteiger partial charge < -0.3 is 4.74 Å². The Balaban J connectivity index is 3.33. The van der Waals surface area contributed by atoms with E-state index in [9.17, 15) is 4.79 Å². The minimum Gasteiger partial charge on any atom is -0.466 e. The standard InChI is InChI=1S/C23H46O2/c1-6-7-8-9-10-11-12-13-14-15-16-17-22(24)25-19-18-21(2)20-23(3,4)5/h21H,6-20H2,1-5H3. The zero-order valence-electron chi connectivity index (χ0n) is 18.0. The van der Waals surface area contributed by atoms with Crippen LogP contribution in [-0.4, -0.2) is 12.6 Å². The van der Waals surface area contributed by atoms with Crippen molar-refractivity contribution in [3.8, 4) is 0 Å². The van der Waals surface area contributed by atoms with E-state index in [1.165, 1.54) is 70.6 Å². The summed E-state index contributed by atoms with van der Waals surface area (Å²) >= 11 is 0. The van der Waals surface area contributed by atoms with Gasteiger partial charge in [-0.15, -0.1) is 0 Å². The fourth-order valence-electron chi connectivity index (χ4n) is 3.53. The molecule has 0 aromatic carbocycles. The van der Waals surface area contributed by atoms with Crippen LogP contribution in [-0.2, 0) is 9.53 Å². The Morgan fingerprint density at radius 3 is 1.80 bits per heavy atom. The van der Waals surface area contributed by atoms with Gasteiger partial charge in [-0.05, 0) is 30.6 Å². The number of esters is 1. The summed E-state index contributed by atoms with van der Waals surface area (Å²) in [6.07, 6.45) is 17.2. The summed E-state index contributed by atoms with van der Waals surface area (Å²) in [5.41, 5.74) is 0.360. The van der Waals surface area contributed by atoms with E-state index in [1.54, 1.807) is 0 Å². The first kappa shape index (κ1) is 24.5. The highest BCUT2D eigenvalue weighted by Crippen LogP contribution is 2.25. The first-order chi connectivity index (χ1) is 11.8. The van der Waals surface area contributed by atoms with Crippen molar-refractivity contribution in [1.29, 1.82) is 0 Å². The molecule has 0 aliphatic heterocycles. The van der Waals surface area contributed by atoms with Crippen LogP contribution in [0.4, 0.5) is 0 Å². The average molecular weight is 355 g/mol. The van der Waals surface area contributed by atoms with Crippen LogP contribution in [0.3, 0.4) is 0 Å². The molecule has 1 atom stereocenters. The zero-order valence-corrected chi connectivity index (χ0v) is 18.0.